The Morgan fingerprint density at radius 3 is 2.57 bits per heavy atom. The number of benzene rings is 3. The average molecular weight is 400 g/mol. The van der Waals surface area contributed by atoms with Gasteiger partial charge in [-0.1, -0.05) is 48.5 Å². The van der Waals surface area contributed by atoms with E-state index >= 15 is 0 Å². The van der Waals surface area contributed by atoms with Crippen molar-refractivity contribution >= 4 is 23.2 Å². The van der Waals surface area contributed by atoms with E-state index < -0.39 is 0 Å². The maximum absolute atomic E-state index is 12.5. The summed E-state index contributed by atoms with van der Waals surface area (Å²) < 4.78 is 5.62. The molecule has 2 amide bonds. The monoisotopic (exact) mass is 400 g/mol. The van der Waals surface area contributed by atoms with Crippen molar-refractivity contribution in [2.45, 2.75) is 26.3 Å². The Kier molecular flexibility index (Phi) is 5.80. The molecular formula is C25H24N2O3. The van der Waals surface area contributed by atoms with Crippen molar-refractivity contribution in [3.63, 3.8) is 0 Å². The number of hydrogen-bond donors (Lipinski definition) is 1. The summed E-state index contributed by atoms with van der Waals surface area (Å²) in [5.74, 6) is 0.606. The van der Waals surface area contributed by atoms with Crippen LogP contribution in [0.2, 0.25) is 0 Å². The highest BCUT2D eigenvalue weighted by molar-refractivity contribution is 5.97. The maximum atomic E-state index is 12.5. The van der Waals surface area contributed by atoms with Crippen LogP contribution in [0.3, 0.4) is 0 Å². The lowest BCUT2D eigenvalue weighted by atomic mass is 9.99. The van der Waals surface area contributed by atoms with Gasteiger partial charge < -0.3 is 15.0 Å². The van der Waals surface area contributed by atoms with Gasteiger partial charge in [0.15, 0.2) is 6.61 Å². The molecule has 0 aromatic heterocycles. The Morgan fingerprint density at radius 1 is 1.00 bits per heavy atom. The van der Waals surface area contributed by atoms with E-state index in [0.29, 0.717) is 30.8 Å². The quantitative estimate of drug-likeness (QED) is 0.663. The summed E-state index contributed by atoms with van der Waals surface area (Å²) in [5.41, 5.74) is 4.75. The van der Waals surface area contributed by atoms with Crippen LogP contribution in [0.25, 0.3) is 0 Å². The maximum Gasteiger partial charge on any atom is 0.262 e. The molecule has 0 spiro atoms. The summed E-state index contributed by atoms with van der Waals surface area (Å²) in [4.78, 5) is 26.7. The zero-order chi connectivity index (χ0) is 20.9. The number of aryl methyl sites for hydroxylation is 2. The molecule has 0 aliphatic carbocycles. The molecule has 1 heterocycles. The van der Waals surface area contributed by atoms with Gasteiger partial charge in [0.05, 0.1) is 6.54 Å². The second kappa shape index (κ2) is 8.82. The van der Waals surface area contributed by atoms with Crippen LogP contribution in [0.5, 0.6) is 5.75 Å². The number of anilines is 2. The number of nitrogens with one attached hydrogen (secondary N) is 1. The zero-order valence-electron chi connectivity index (χ0n) is 16.9. The molecule has 152 valence electrons. The first-order chi connectivity index (χ1) is 14.6. The van der Waals surface area contributed by atoms with Crippen molar-refractivity contribution < 1.29 is 14.3 Å². The Morgan fingerprint density at radius 2 is 1.77 bits per heavy atom. The van der Waals surface area contributed by atoms with E-state index in [1.165, 1.54) is 0 Å². The van der Waals surface area contributed by atoms with Crippen LogP contribution in [-0.4, -0.2) is 18.4 Å². The molecule has 0 atom stereocenters. The fraction of sp³-hybridized carbons (Fsp3) is 0.200. The molecule has 0 saturated heterocycles. The molecule has 0 saturated carbocycles. The van der Waals surface area contributed by atoms with Gasteiger partial charge in [0.1, 0.15) is 5.75 Å². The van der Waals surface area contributed by atoms with E-state index in [9.17, 15) is 9.59 Å². The highest BCUT2D eigenvalue weighted by atomic mass is 16.5. The van der Waals surface area contributed by atoms with E-state index in [0.717, 1.165) is 22.4 Å². The summed E-state index contributed by atoms with van der Waals surface area (Å²) in [6.45, 7) is 2.43. The molecule has 0 unspecified atom stereocenters. The minimum absolute atomic E-state index is 0.0550. The molecule has 1 aliphatic heterocycles. The molecule has 5 nitrogen and oxygen atoms in total. The van der Waals surface area contributed by atoms with E-state index in [1.54, 1.807) is 0 Å². The number of nitrogens with zero attached hydrogens (tertiary/aromatic N) is 1. The van der Waals surface area contributed by atoms with Gasteiger partial charge in [-0.25, -0.2) is 0 Å². The number of para-hydroxylation sites is 1. The molecule has 1 aliphatic rings. The predicted molar refractivity (Wildman–Crippen MR) is 118 cm³/mol. The topological polar surface area (TPSA) is 58.6 Å². The van der Waals surface area contributed by atoms with E-state index in [1.807, 2.05) is 84.6 Å². The van der Waals surface area contributed by atoms with Crippen LogP contribution in [-0.2, 0) is 22.6 Å². The summed E-state index contributed by atoms with van der Waals surface area (Å²) in [7, 11) is 0. The van der Waals surface area contributed by atoms with Crippen LogP contribution in [0.1, 0.15) is 23.1 Å². The molecule has 4 rings (SSSR count). The molecule has 30 heavy (non-hydrogen) atoms. The standard InChI is InChI=1S/C25H24N2O3/c1-18-7-5-6-10-23(18)30-17-24(28)26-21-12-13-22-20(15-21)11-14-25(29)27(22)16-19-8-3-2-4-9-19/h2-10,12-13,15H,11,14,16-17H2,1H3,(H,26,28). The first kappa shape index (κ1) is 19.7. The van der Waals surface area contributed by atoms with Crippen molar-refractivity contribution in [3.05, 3.63) is 89.5 Å². The van der Waals surface area contributed by atoms with Crippen molar-refractivity contribution in [1.29, 1.82) is 0 Å². The van der Waals surface area contributed by atoms with E-state index in [4.69, 9.17) is 4.74 Å². The van der Waals surface area contributed by atoms with Gasteiger partial charge in [0.25, 0.3) is 5.91 Å². The third-order valence-electron chi connectivity index (χ3n) is 5.20. The summed E-state index contributed by atoms with van der Waals surface area (Å²) in [5, 5.41) is 2.89. The van der Waals surface area contributed by atoms with Crippen molar-refractivity contribution in [1.82, 2.24) is 0 Å². The Labute approximate surface area is 176 Å². The largest absolute Gasteiger partial charge is 0.483 e. The SMILES string of the molecule is Cc1ccccc1OCC(=O)Nc1ccc2c(c1)CCC(=O)N2Cc1ccccc1. The van der Waals surface area contributed by atoms with Gasteiger partial charge in [-0.05, 0) is 54.3 Å². The Balaban J connectivity index is 1.43. The normalized spacial score (nSPS) is 13.0. The van der Waals surface area contributed by atoms with Crippen LogP contribution < -0.4 is 15.0 Å². The number of carbonyl (C=O) groups excluding carboxylic acids is 2. The average Bonchev–Trinajstić information content (AvgIpc) is 2.76. The predicted octanol–water partition coefficient (Wildman–Crippen LogP) is 4.49. The van der Waals surface area contributed by atoms with Gasteiger partial charge in [-0.2, -0.15) is 0 Å². The third-order valence-corrected chi connectivity index (χ3v) is 5.20. The lowest BCUT2D eigenvalue weighted by Crippen LogP contribution is -2.34. The fourth-order valence-electron chi connectivity index (χ4n) is 3.64. The van der Waals surface area contributed by atoms with Crippen LogP contribution in [0.15, 0.2) is 72.8 Å². The van der Waals surface area contributed by atoms with Gasteiger partial charge in [-0.3, -0.25) is 9.59 Å². The van der Waals surface area contributed by atoms with Crippen LogP contribution in [0.4, 0.5) is 11.4 Å². The minimum Gasteiger partial charge on any atom is -0.483 e. The second-order valence-electron chi connectivity index (χ2n) is 7.41. The van der Waals surface area contributed by atoms with Crippen molar-refractivity contribution in [3.8, 4) is 5.75 Å². The van der Waals surface area contributed by atoms with Crippen LogP contribution >= 0.6 is 0 Å². The molecule has 1 N–H and O–H groups in total. The molecule has 3 aromatic rings. The number of carbonyl (C=O) groups is 2. The lowest BCUT2D eigenvalue weighted by Gasteiger charge is -2.30. The van der Waals surface area contributed by atoms with Gasteiger partial charge in [-0.15, -0.1) is 0 Å². The highest BCUT2D eigenvalue weighted by Crippen LogP contribution is 2.31. The first-order valence-electron chi connectivity index (χ1n) is 10.1. The van der Waals surface area contributed by atoms with Gasteiger partial charge >= 0.3 is 0 Å². The summed E-state index contributed by atoms with van der Waals surface area (Å²) in [6, 6.07) is 23.2. The Hall–Kier alpha value is -3.60. The molecule has 3 aromatic carbocycles. The zero-order valence-corrected chi connectivity index (χ0v) is 16.9. The van der Waals surface area contributed by atoms with E-state index in [2.05, 4.69) is 5.32 Å². The number of fused-ring (bicyclic) bond motifs is 1. The summed E-state index contributed by atoms with van der Waals surface area (Å²) in [6.07, 6.45) is 1.14. The smallest absolute Gasteiger partial charge is 0.262 e. The molecule has 0 fully saturated rings. The molecule has 0 bridgehead atoms. The van der Waals surface area contributed by atoms with Crippen LogP contribution in [0, 0.1) is 6.92 Å². The van der Waals surface area contributed by atoms with Crippen molar-refractivity contribution in [2.75, 3.05) is 16.8 Å². The van der Waals surface area contributed by atoms with Crippen molar-refractivity contribution in [2.24, 2.45) is 0 Å². The minimum atomic E-state index is -0.216. The van der Waals surface area contributed by atoms with E-state index in [-0.39, 0.29) is 18.4 Å². The number of amides is 2. The number of ether oxygens (including phenoxy) is 1. The fourth-order valence-corrected chi connectivity index (χ4v) is 3.64. The molecular weight excluding hydrogens is 376 g/mol. The van der Waals surface area contributed by atoms with Gasteiger partial charge in [0, 0.05) is 17.8 Å². The highest BCUT2D eigenvalue weighted by Gasteiger charge is 2.24. The number of hydrogen-bond acceptors (Lipinski definition) is 3. The molecule has 0 radical (unpaired) electrons. The first-order valence-corrected chi connectivity index (χ1v) is 10.1. The third kappa shape index (κ3) is 4.51. The molecule has 5 heteroatoms. The second-order valence-corrected chi connectivity index (χ2v) is 7.41. The Bertz CT molecular complexity index is 1060. The number of rotatable bonds is 6. The summed E-state index contributed by atoms with van der Waals surface area (Å²) >= 11 is 0. The van der Waals surface area contributed by atoms with Gasteiger partial charge in [0.2, 0.25) is 5.91 Å². The lowest BCUT2D eigenvalue weighted by molar-refractivity contribution is -0.119.